The van der Waals surface area contributed by atoms with Crippen LogP contribution in [0.25, 0.3) is 10.2 Å². The maximum Gasteiger partial charge on any atom is 0.239 e. The van der Waals surface area contributed by atoms with Gasteiger partial charge >= 0.3 is 0 Å². The van der Waals surface area contributed by atoms with Gasteiger partial charge < -0.3 is 11.1 Å². The average molecular weight is 250 g/mol. The topological polar surface area (TPSA) is 80.9 Å². The van der Waals surface area contributed by atoms with Crippen LogP contribution in [0.1, 0.15) is 17.4 Å². The van der Waals surface area contributed by atoms with E-state index in [0.717, 1.165) is 15.8 Å². The molecule has 0 aliphatic carbocycles. The molecular formula is C11H14N4OS. The minimum Gasteiger partial charge on any atom is -0.368 e. The molecule has 5 nitrogen and oxygen atoms in total. The van der Waals surface area contributed by atoms with E-state index in [1.54, 1.807) is 18.3 Å². The van der Waals surface area contributed by atoms with Crippen molar-refractivity contribution in [2.24, 2.45) is 5.73 Å². The zero-order valence-electron chi connectivity index (χ0n) is 9.94. The quantitative estimate of drug-likeness (QED) is 0.867. The van der Waals surface area contributed by atoms with Gasteiger partial charge in [-0.25, -0.2) is 9.97 Å². The molecular weight excluding hydrogens is 236 g/mol. The summed E-state index contributed by atoms with van der Waals surface area (Å²) in [5.74, 6) is 0.268. The molecule has 1 unspecified atom stereocenters. The van der Waals surface area contributed by atoms with Crippen LogP contribution in [0, 0.1) is 13.8 Å². The molecule has 2 rings (SSSR count). The van der Waals surface area contributed by atoms with Crippen molar-refractivity contribution in [3.05, 3.63) is 16.8 Å². The van der Waals surface area contributed by atoms with Crippen molar-refractivity contribution in [3.8, 4) is 0 Å². The summed E-state index contributed by atoms with van der Waals surface area (Å²) >= 11 is 1.62. The van der Waals surface area contributed by atoms with E-state index < -0.39 is 11.9 Å². The van der Waals surface area contributed by atoms with Gasteiger partial charge in [0.15, 0.2) is 0 Å². The lowest BCUT2D eigenvalue weighted by molar-refractivity contribution is -0.118. The number of anilines is 1. The summed E-state index contributed by atoms with van der Waals surface area (Å²) in [6, 6.07) is -0.451. The molecule has 0 radical (unpaired) electrons. The summed E-state index contributed by atoms with van der Waals surface area (Å²) in [7, 11) is 0. The first-order valence-corrected chi connectivity index (χ1v) is 6.09. The van der Waals surface area contributed by atoms with Gasteiger partial charge in [-0.05, 0) is 26.3 Å². The number of primary amides is 1. The van der Waals surface area contributed by atoms with Gasteiger partial charge in [0.25, 0.3) is 0 Å². The SMILES string of the molecule is Cc1sc2ncnc(NC(C)C(N)=O)c2c1C. The van der Waals surface area contributed by atoms with Gasteiger partial charge in [-0.1, -0.05) is 0 Å². The van der Waals surface area contributed by atoms with Gasteiger partial charge in [-0.2, -0.15) is 0 Å². The fraction of sp³-hybridized carbons (Fsp3) is 0.364. The zero-order valence-corrected chi connectivity index (χ0v) is 10.8. The van der Waals surface area contributed by atoms with Crippen LogP contribution in [0.3, 0.4) is 0 Å². The number of aromatic nitrogens is 2. The van der Waals surface area contributed by atoms with Gasteiger partial charge in [0, 0.05) is 4.88 Å². The number of carbonyl (C=O) groups excluding carboxylic acids is 1. The summed E-state index contributed by atoms with van der Waals surface area (Å²) in [4.78, 5) is 21.6. The number of carbonyl (C=O) groups is 1. The third-order valence-corrected chi connectivity index (χ3v) is 3.86. The van der Waals surface area contributed by atoms with Crippen LogP contribution < -0.4 is 11.1 Å². The van der Waals surface area contributed by atoms with Gasteiger partial charge in [0.2, 0.25) is 5.91 Å². The highest BCUT2D eigenvalue weighted by Crippen LogP contribution is 2.32. The molecule has 3 N–H and O–H groups in total. The van der Waals surface area contributed by atoms with E-state index >= 15 is 0 Å². The monoisotopic (exact) mass is 250 g/mol. The first-order chi connectivity index (χ1) is 8.00. The maximum absolute atomic E-state index is 11.0. The molecule has 0 spiro atoms. The van der Waals surface area contributed by atoms with Crippen molar-refractivity contribution < 1.29 is 4.79 Å². The Bertz CT molecular complexity index is 578. The molecule has 2 aromatic heterocycles. The summed E-state index contributed by atoms with van der Waals surface area (Å²) < 4.78 is 0. The van der Waals surface area contributed by atoms with Crippen molar-refractivity contribution in [2.75, 3.05) is 5.32 Å². The number of thiophene rings is 1. The van der Waals surface area contributed by atoms with E-state index in [9.17, 15) is 4.79 Å². The number of nitrogens with two attached hydrogens (primary N) is 1. The highest BCUT2D eigenvalue weighted by Gasteiger charge is 2.15. The molecule has 0 bridgehead atoms. The Hall–Kier alpha value is -1.69. The third-order valence-electron chi connectivity index (χ3n) is 2.75. The minimum atomic E-state index is -0.451. The van der Waals surface area contributed by atoms with E-state index in [0.29, 0.717) is 5.82 Å². The summed E-state index contributed by atoms with van der Waals surface area (Å²) in [6.07, 6.45) is 1.49. The minimum absolute atomic E-state index is 0.402. The van der Waals surface area contributed by atoms with Crippen LogP contribution in [0.5, 0.6) is 0 Å². The van der Waals surface area contributed by atoms with E-state index in [-0.39, 0.29) is 0 Å². The number of hydrogen-bond donors (Lipinski definition) is 2. The smallest absolute Gasteiger partial charge is 0.239 e. The molecule has 2 aromatic rings. The molecule has 1 amide bonds. The van der Waals surface area contributed by atoms with Crippen LogP contribution >= 0.6 is 11.3 Å². The van der Waals surface area contributed by atoms with Crippen LogP contribution in [0.2, 0.25) is 0 Å². The lowest BCUT2D eigenvalue weighted by atomic mass is 10.2. The predicted octanol–water partition coefficient (Wildman–Crippen LogP) is 1.59. The molecule has 0 aliphatic heterocycles. The van der Waals surface area contributed by atoms with E-state index in [4.69, 9.17) is 5.73 Å². The summed E-state index contributed by atoms with van der Waals surface area (Å²) in [5, 5.41) is 3.99. The summed E-state index contributed by atoms with van der Waals surface area (Å²) in [6.45, 7) is 5.78. The maximum atomic E-state index is 11.0. The van der Waals surface area contributed by atoms with Crippen molar-refractivity contribution >= 4 is 33.3 Å². The second-order valence-electron chi connectivity index (χ2n) is 3.95. The fourth-order valence-electron chi connectivity index (χ4n) is 1.57. The normalized spacial score (nSPS) is 12.6. The molecule has 1 atom stereocenters. The van der Waals surface area contributed by atoms with Crippen molar-refractivity contribution in [3.63, 3.8) is 0 Å². The van der Waals surface area contributed by atoms with Crippen molar-refractivity contribution in [2.45, 2.75) is 26.8 Å². The second-order valence-corrected chi connectivity index (χ2v) is 5.16. The molecule has 0 saturated carbocycles. The molecule has 2 heterocycles. The Labute approximate surface area is 103 Å². The Morgan fingerprint density at radius 1 is 1.47 bits per heavy atom. The number of nitrogens with one attached hydrogen (secondary N) is 1. The van der Waals surface area contributed by atoms with Gasteiger partial charge in [-0.15, -0.1) is 11.3 Å². The average Bonchev–Trinajstić information content (AvgIpc) is 2.56. The Morgan fingerprint density at radius 3 is 2.82 bits per heavy atom. The molecule has 0 aliphatic rings. The fourth-order valence-corrected chi connectivity index (χ4v) is 2.56. The lowest BCUT2D eigenvalue weighted by Gasteiger charge is -2.11. The standard InChI is InChI=1S/C11H14N4OS/c1-5-7(3)17-11-8(5)10(13-4-14-11)15-6(2)9(12)16/h4,6H,1-3H3,(H2,12,16)(H,13,14,15). The predicted molar refractivity (Wildman–Crippen MR) is 69.2 cm³/mol. The van der Waals surface area contributed by atoms with Gasteiger partial charge in [0.05, 0.1) is 5.39 Å². The van der Waals surface area contributed by atoms with Gasteiger partial charge in [-0.3, -0.25) is 4.79 Å². The third kappa shape index (κ3) is 2.08. The largest absolute Gasteiger partial charge is 0.368 e. The second kappa shape index (κ2) is 4.29. The van der Waals surface area contributed by atoms with E-state index in [1.807, 2.05) is 13.8 Å². The number of rotatable bonds is 3. The number of amides is 1. The highest BCUT2D eigenvalue weighted by atomic mass is 32.1. The Balaban J connectivity index is 2.50. The molecule has 90 valence electrons. The number of nitrogens with zero attached hydrogens (tertiary/aromatic N) is 2. The van der Waals surface area contributed by atoms with Crippen LogP contribution in [0.4, 0.5) is 5.82 Å². The van der Waals surface area contributed by atoms with Gasteiger partial charge in [0.1, 0.15) is 23.0 Å². The molecule has 0 saturated heterocycles. The lowest BCUT2D eigenvalue weighted by Crippen LogP contribution is -2.32. The molecule has 0 fully saturated rings. The number of aryl methyl sites for hydroxylation is 2. The first kappa shape index (κ1) is 11.8. The van der Waals surface area contributed by atoms with Crippen LogP contribution in [-0.2, 0) is 4.79 Å². The Morgan fingerprint density at radius 2 is 2.18 bits per heavy atom. The summed E-state index contributed by atoms with van der Waals surface area (Å²) in [5.41, 5.74) is 6.37. The number of hydrogen-bond acceptors (Lipinski definition) is 5. The van der Waals surface area contributed by atoms with Crippen molar-refractivity contribution in [1.29, 1.82) is 0 Å². The number of fused-ring (bicyclic) bond motifs is 1. The molecule has 17 heavy (non-hydrogen) atoms. The zero-order chi connectivity index (χ0) is 12.6. The Kier molecular flexibility index (Phi) is 2.97. The van der Waals surface area contributed by atoms with E-state index in [2.05, 4.69) is 15.3 Å². The molecule has 0 aromatic carbocycles. The first-order valence-electron chi connectivity index (χ1n) is 5.27. The van der Waals surface area contributed by atoms with Crippen molar-refractivity contribution in [1.82, 2.24) is 9.97 Å². The van der Waals surface area contributed by atoms with Crippen LogP contribution in [-0.4, -0.2) is 21.9 Å². The van der Waals surface area contributed by atoms with Crippen LogP contribution in [0.15, 0.2) is 6.33 Å². The highest BCUT2D eigenvalue weighted by molar-refractivity contribution is 7.18. The molecule has 6 heteroatoms. The van der Waals surface area contributed by atoms with E-state index in [1.165, 1.54) is 11.2 Å².